The van der Waals surface area contributed by atoms with Gasteiger partial charge in [-0.05, 0) is 79.7 Å². The summed E-state index contributed by atoms with van der Waals surface area (Å²) in [6.07, 6.45) is 31.5. The molecule has 2 heteroatoms. The Balaban J connectivity index is 4.39. The number of hydrogen-bond donors (Lipinski definition) is 0. The van der Waals surface area contributed by atoms with Crippen molar-refractivity contribution in [2.45, 2.75) is 177 Å². The first-order valence-electron chi connectivity index (χ1n) is 16.0. The van der Waals surface area contributed by atoms with Crippen LogP contribution in [0.5, 0.6) is 0 Å². The summed E-state index contributed by atoms with van der Waals surface area (Å²) in [5, 5.41) is 0. The number of rotatable bonds is 24. The van der Waals surface area contributed by atoms with Crippen molar-refractivity contribution in [1.82, 2.24) is 0 Å². The van der Waals surface area contributed by atoms with Crippen molar-refractivity contribution in [3.05, 3.63) is 46.6 Å². The number of unbranched alkanes of at least 4 members (excludes halogenated alkanes) is 12. The van der Waals surface area contributed by atoms with Crippen molar-refractivity contribution in [2.75, 3.05) is 0 Å². The molecule has 220 valence electrons. The third kappa shape index (κ3) is 26.1. The van der Waals surface area contributed by atoms with Gasteiger partial charge in [-0.2, -0.15) is 0 Å². The lowest BCUT2D eigenvalue weighted by atomic mass is 10.0. The van der Waals surface area contributed by atoms with E-state index in [1.807, 2.05) is 0 Å². The van der Waals surface area contributed by atoms with Gasteiger partial charge in [-0.15, -0.1) is 0 Å². The highest BCUT2D eigenvalue weighted by Gasteiger charge is 2.12. The summed E-state index contributed by atoms with van der Waals surface area (Å²) in [6, 6.07) is 0. The zero-order valence-electron chi connectivity index (χ0n) is 26.6. The number of ether oxygens (including phenoxy) is 1. The maximum Gasteiger partial charge on any atom is 0.306 e. The largest absolute Gasteiger partial charge is 0.458 e. The van der Waals surface area contributed by atoms with Gasteiger partial charge < -0.3 is 4.74 Å². The number of carbonyl (C=O) groups excluding carboxylic acids is 1. The lowest BCUT2D eigenvalue weighted by Gasteiger charge is -2.15. The molecule has 0 fully saturated rings. The van der Waals surface area contributed by atoms with Gasteiger partial charge in [0.25, 0.3) is 0 Å². The summed E-state index contributed by atoms with van der Waals surface area (Å²) in [7, 11) is 0. The van der Waals surface area contributed by atoms with E-state index in [0.717, 1.165) is 44.9 Å². The molecule has 0 rings (SSSR count). The maximum atomic E-state index is 12.6. The second-order valence-corrected chi connectivity index (χ2v) is 12.0. The van der Waals surface area contributed by atoms with Gasteiger partial charge in [-0.25, -0.2) is 0 Å². The molecule has 2 nitrogen and oxygen atoms in total. The van der Waals surface area contributed by atoms with Crippen LogP contribution in [0.25, 0.3) is 0 Å². The Morgan fingerprint density at radius 1 is 0.579 bits per heavy atom. The topological polar surface area (TPSA) is 26.3 Å². The highest BCUT2D eigenvalue weighted by Crippen LogP contribution is 2.17. The Bertz CT molecular complexity index is 699. The van der Waals surface area contributed by atoms with E-state index >= 15 is 0 Å². The average Bonchev–Trinajstić information content (AvgIpc) is 2.85. The van der Waals surface area contributed by atoms with E-state index in [9.17, 15) is 4.79 Å². The van der Waals surface area contributed by atoms with Gasteiger partial charge in [0.1, 0.15) is 6.10 Å². The lowest BCUT2D eigenvalue weighted by Crippen LogP contribution is -2.16. The SMILES string of the molecule is CCCCCCCCCCCCCCCC(=O)OC(C=C(C)CCC=C(C)C)CC=C(C)CCC=C(C)C. The van der Waals surface area contributed by atoms with E-state index in [1.165, 1.54) is 92.9 Å². The monoisotopic (exact) mass is 528 g/mol. The van der Waals surface area contributed by atoms with Crippen molar-refractivity contribution >= 4 is 5.97 Å². The third-order valence-electron chi connectivity index (χ3n) is 7.12. The average molecular weight is 529 g/mol. The zero-order chi connectivity index (χ0) is 28.4. The predicted molar refractivity (Wildman–Crippen MR) is 170 cm³/mol. The summed E-state index contributed by atoms with van der Waals surface area (Å²) in [6.45, 7) is 15.2. The predicted octanol–water partition coefficient (Wildman–Crippen LogP) is 12.2. The van der Waals surface area contributed by atoms with Gasteiger partial charge in [0.2, 0.25) is 0 Å². The lowest BCUT2D eigenvalue weighted by molar-refractivity contribution is -0.146. The van der Waals surface area contributed by atoms with Crippen LogP contribution in [0.1, 0.15) is 170 Å². The zero-order valence-corrected chi connectivity index (χ0v) is 26.6. The van der Waals surface area contributed by atoms with E-state index in [-0.39, 0.29) is 12.1 Å². The molecule has 0 spiro atoms. The van der Waals surface area contributed by atoms with Crippen LogP contribution in [-0.2, 0) is 9.53 Å². The van der Waals surface area contributed by atoms with E-state index in [1.54, 1.807) is 0 Å². The van der Waals surface area contributed by atoms with Gasteiger partial charge in [0.05, 0.1) is 0 Å². The molecule has 0 saturated carbocycles. The molecule has 1 unspecified atom stereocenters. The van der Waals surface area contributed by atoms with E-state index < -0.39 is 0 Å². The van der Waals surface area contributed by atoms with E-state index in [4.69, 9.17) is 4.74 Å². The van der Waals surface area contributed by atoms with E-state index in [0.29, 0.717) is 6.42 Å². The molecule has 0 amide bonds. The Labute approximate surface area is 238 Å². The minimum absolute atomic E-state index is 0.0398. The van der Waals surface area contributed by atoms with Gasteiger partial charge >= 0.3 is 5.97 Å². The molecule has 0 aromatic rings. The molecule has 0 radical (unpaired) electrons. The Hall–Kier alpha value is -1.57. The number of allylic oxidation sites excluding steroid dienone is 6. The summed E-state index contributed by atoms with van der Waals surface area (Å²) in [5.41, 5.74) is 5.40. The molecular formula is C36H64O2. The standard InChI is InChI=1S/C36H64O2/c1-8-9-10-11-12-13-14-15-16-17-18-19-20-27-36(37)38-35(30-34(7)26-22-24-32(4)5)29-28-33(6)25-21-23-31(2)3/h23-24,28,30,35H,8-22,25-27,29H2,1-7H3. The summed E-state index contributed by atoms with van der Waals surface area (Å²) >= 11 is 0. The molecule has 0 saturated heterocycles. The van der Waals surface area contributed by atoms with Crippen LogP contribution in [0.3, 0.4) is 0 Å². The van der Waals surface area contributed by atoms with Crippen LogP contribution in [0, 0.1) is 0 Å². The molecule has 0 aliphatic rings. The number of esters is 1. The molecular weight excluding hydrogens is 464 g/mol. The molecule has 0 aromatic carbocycles. The third-order valence-corrected chi connectivity index (χ3v) is 7.12. The van der Waals surface area contributed by atoms with Crippen molar-refractivity contribution < 1.29 is 9.53 Å². The fourth-order valence-corrected chi connectivity index (χ4v) is 4.66. The second kappa shape index (κ2) is 25.7. The van der Waals surface area contributed by atoms with Crippen molar-refractivity contribution in [2.24, 2.45) is 0 Å². The fourth-order valence-electron chi connectivity index (χ4n) is 4.66. The Morgan fingerprint density at radius 3 is 1.50 bits per heavy atom. The molecule has 1 atom stereocenters. The summed E-state index contributed by atoms with van der Waals surface area (Å²) < 4.78 is 5.96. The fraction of sp³-hybridized carbons (Fsp3) is 0.750. The van der Waals surface area contributed by atoms with Crippen LogP contribution in [-0.4, -0.2) is 12.1 Å². The summed E-state index contributed by atoms with van der Waals surface area (Å²) in [5.74, 6) is -0.0398. The minimum atomic E-state index is -0.158. The van der Waals surface area contributed by atoms with Crippen molar-refractivity contribution in [3.63, 3.8) is 0 Å². The first kappa shape index (κ1) is 36.4. The molecule has 0 heterocycles. The molecule has 0 bridgehead atoms. The Morgan fingerprint density at radius 2 is 1.03 bits per heavy atom. The highest BCUT2D eigenvalue weighted by atomic mass is 16.5. The molecule has 0 N–H and O–H groups in total. The highest BCUT2D eigenvalue weighted by molar-refractivity contribution is 5.69. The molecule has 0 aromatic heterocycles. The van der Waals surface area contributed by atoms with Crippen LogP contribution in [0.2, 0.25) is 0 Å². The van der Waals surface area contributed by atoms with Crippen LogP contribution in [0.4, 0.5) is 0 Å². The molecule has 0 aliphatic carbocycles. The first-order chi connectivity index (χ1) is 18.2. The maximum absolute atomic E-state index is 12.6. The molecule has 38 heavy (non-hydrogen) atoms. The molecule has 0 aliphatic heterocycles. The van der Waals surface area contributed by atoms with E-state index in [2.05, 4.69) is 72.8 Å². The van der Waals surface area contributed by atoms with Crippen molar-refractivity contribution in [1.29, 1.82) is 0 Å². The van der Waals surface area contributed by atoms with Crippen LogP contribution in [0.15, 0.2) is 46.6 Å². The normalized spacial score (nSPS) is 12.8. The number of carbonyl (C=O) groups is 1. The van der Waals surface area contributed by atoms with Crippen LogP contribution >= 0.6 is 0 Å². The quantitative estimate of drug-likeness (QED) is 0.0707. The second-order valence-electron chi connectivity index (χ2n) is 12.0. The van der Waals surface area contributed by atoms with Gasteiger partial charge in [0, 0.05) is 12.8 Å². The Kier molecular flexibility index (Phi) is 24.6. The van der Waals surface area contributed by atoms with Gasteiger partial charge in [-0.1, -0.05) is 124 Å². The van der Waals surface area contributed by atoms with Crippen LogP contribution < -0.4 is 0 Å². The number of hydrogen-bond acceptors (Lipinski definition) is 2. The first-order valence-corrected chi connectivity index (χ1v) is 16.0. The van der Waals surface area contributed by atoms with Gasteiger partial charge in [-0.3, -0.25) is 4.79 Å². The van der Waals surface area contributed by atoms with Crippen molar-refractivity contribution in [3.8, 4) is 0 Å². The van der Waals surface area contributed by atoms with Gasteiger partial charge in [0.15, 0.2) is 0 Å². The minimum Gasteiger partial charge on any atom is -0.458 e. The smallest absolute Gasteiger partial charge is 0.306 e. The summed E-state index contributed by atoms with van der Waals surface area (Å²) in [4.78, 5) is 12.6.